The van der Waals surface area contributed by atoms with Crippen LogP contribution in [0, 0.1) is 0 Å². The first kappa shape index (κ1) is 19.0. The molecule has 0 saturated carbocycles. The van der Waals surface area contributed by atoms with Crippen molar-refractivity contribution in [2.45, 2.75) is 6.18 Å². The van der Waals surface area contributed by atoms with Crippen molar-refractivity contribution in [1.29, 1.82) is 0 Å². The van der Waals surface area contributed by atoms with Crippen molar-refractivity contribution in [3.05, 3.63) is 23.8 Å². The maximum atomic E-state index is 13.1. The van der Waals surface area contributed by atoms with Gasteiger partial charge in [-0.05, 0) is 19.2 Å². The van der Waals surface area contributed by atoms with Crippen LogP contribution in [0.2, 0.25) is 0 Å². The van der Waals surface area contributed by atoms with Crippen molar-refractivity contribution in [2.24, 2.45) is 5.73 Å². The number of carbonyl (C=O) groups is 1. The van der Waals surface area contributed by atoms with E-state index in [4.69, 9.17) is 15.2 Å². The Hall–Kier alpha value is -2.00. The molecule has 0 saturated heterocycles. The monoisotopic (exact) mass is 335 g/mol. The van der Waals surface area contributed by atoms with Crippen LogP contribution in [0.15, 0.2) is 18.2 Å². The number of hydrogen-bond acceptors (Lipinski definition) is 4. The van der Waals surface area contributed by atoms with Gasteiger partial charge >= 0.3 is 12.2 Å². The number of ether oxygens (including phenoxy) is 2. The summed E-state index contributed by atoms with van der Waals surface area (Å²) >= 11 is 0. The Labute approximate surface area is 132 Å². The summed E-state index contributed by atoms with van der Waals surface area (Å²) in [6, 6.07) is 2.39. The Morgan fingerprint density at radius 2 is 1.96 bits per heavy atom. The molecule has 0 spiro atoms. The lowest BCUT2D eigenvalue weighted by Crippen LogP contribution is -2.28. The lowest BCUT2D eigenvalue weighted by atomic mass is 10.1. The molecule has 0 bridgehead atoms. The Morgan fingerprint density at radius 1 is 1.30 bits per heavy atom. The lowest BCUT2D eigenvalue weighted by molar-refractivity contribution is -0.138. The number of methoxy groups -OCH3 is 1. The molecular weight excluding hydrogens is 315 g/mol. The van der Waals surface area contributed by atoms with Gasteiger partial charge in [0, 0.05) is 20.2 Å². The highest BCUT2D eigenvalue weighted by atomic mass is 19.4. The van der Waals surface area contributed by atoms with Gasteiger partial charge in [0.25, 0.3) is 0 Å². The Kier molecular flexibility index (Phi) is 7.11. The summed E-state index contributed by atoms with van der Waals surface area (Å²) in [4.78, 5) is 12.8. The van der Waals surface area contributed by atoms with Gasteiger partial charge in [0.15, 0.2) is 5.75 Å². The molecule has 9 heteroatoms. The minimum Gasteiger partial charge on any atom is -0.489 e. The molecule has 23 heavy (non-hydrogen) atoms. The Balaban J connectivity index is 2.86. The van der Waals surface area contributed by atoms with E-state index in [9.17, 15) is 18.0 Å². The van der Waals surface area contributed by atoms with E-state index in [2.05, 4.69) is 5.32 Å². The number of hydrogen-bond donors (Lipinski definition) is 2. The number of halogens is 3. The number of rotatable bonds is 8. The molecule has 0 aromatic heterocycles. The van der Waals surface area contributed by atoms with Gasteiger partial charge in [-0.1, -0.05) is 6.07 Å². The zero-order chi connectivity index (χ0) is 17.5. The van der Waals surface area contributed by atoms with Crippen molar-refractivity contribution >= 4 is 11.7 Å². The standard InChI is InChI=1S/C14H20F3N3O3/c1-20(6-8-22-2)7-9-23-12-10(14(15,16)17)4-3-5-11(12)19-13(18)21/h3-5H,6-9H2,1-2H3,(H3,18,19,21). The predicted molar refractivity (Wildman–Crippen MR) is 79.5 cm³/mol. The van der Waals surface area contributed by atoms with Crippen LogP contribution < -0.4 is 15.8 Å². The van der Waals surface area contributed by atoms with Gasteiger partial charge in [0.05, 0.1) is 17.9 Å². The smallest absolute Gasteiger partial charge is 0.420 e. The topological polar surface area (TPSA) is 76.8 Å². The number of primary amides is 1. The second-order valence-electron chi connectivity index (χ2n) is 4.81. The number of amides is 2. The Morgan fingerprint density at radius 3 is 2.52 bits per heavy atom. The summed E-state index contributed by atoms with van der Waals surface area (Å²) in [5.41, 5.74) is 3.89. The van der Waals surface area contributed by atoms with Crippen LogP contribution in [0.5, 0.6) is 5.75 Å². The van der Waals surface area contributed by atoms with E-state index in [0.29, 0.717) is 19.7 Å². The zero-order valence-electron chi connectivity index (χ0n) is 12.9. The SMILES string of the molecule is COCCN(C)CCOc1c(NC(N)=O)cccc1C(F)(F)F. The molecule has 0 aliphatic carbocycles. The number of nitrogens with zero attached hydrogens (tertiary/aromatic N) is 1. The van der Waals surface area contributed by atoms with Gasteiger partial charge < -0.3 is 25.4 Å². The molecule has 0 fully saturated rings. The van der Waals surface area contributed by atoms with Crippen molar-refractivity contribution in [3.8, 4) is 5.75 Å². The Bertz CT molecular complexity index is 524. The number of para-hydroxylation sites is 1. The van der Waals surface area contributed by atoms with Gasteiger partial charge in [0.1, 0.15) is 6.61 Å². The molecule has 1 rings (SSSR count). The normalized spacial score (nSPS) is 11.6. The second kappa shape index (κ2) is 8.59. The molecule has 0 atom stereocenters. The third-order valence-electron chi connectivity index (χ3n) is 2.97. The summed E-state index contributed by atoms with van der Waals surface area (Å²) in [5.74, 6) is -0.445. The number of urea groups is 1. The third kappa shape index (κ3) is 6.33. The first-order chi connectivity index (χ1) is 10.8. The third-order valence-corrected chi connectivity index (χ3v) is 2.97. The fourth-order valence-corrected chi connectivity index (χ4v) is 1.81. The van der Waals surface area contributed by atoms with Gasteiger partial charge in [-0.15, -0.1) is 0 Å². The molecule has 0 unspecified atom stereocenters. The first-order valence-corrected chi connectivity index (χ1v) is 6.82. The molecule has 0 heterocycles. The highest BCUT2D eigenvalue weighted by Gasteiger charge is 2.35. The molecule has 0 aliphatic rings. The second-order valence-corrected chi connectivity index (χ2v) is 4.81. The number of alkyl halides is 3. The van der Waals surface area contributed by atoms with E-state index in [1.165, 1.54) is 12.1 Å². The molecule has 0 aliphatic heterocycles. The summed E-state index contributed by atoms with van der Waals surface area (Å²) in [7, 11) is 3.35. The maximum absolute atomic E-state index is 13.1. The van der Waals surface area contributed by atoms with Crippen LogP contribution in [0.1, 0.15) is 5.56 Å². The molecule has 6 nitrogen and oxygen atoms in total. The van der Waals surface area contributed by atoms with Gasteiger partial charge in [-0.3, -0.25) is 0 Å². The number of likely N-dealkylation sites (N-methyl/N-ethyl adjacent to an activating group) is 1. The van der Waals surface area contributed by atoms with E-state index in [1.807, 2.05) is 4.90 Å². The largest absolute Gasteiger partial charge is 0.489 e. The van der Waals surface area contributed by atoms with Gasteiger partial charge in [-0.25, -0.2) is 4.79 Å². The summed E-state index contributed by atoms with van der Waals surface area (Å²) in [6.45, 7) is 1.53. The molecule has 2 amide bonds. The highest BCUT2D eigenvalue weighted by molar-refractivity contribution is 5.90. The van der Waals surface area contributed by atoms with Crippen LogP contribution in [-0.2, 0) is 10.9 Å². The summed E-state index contributed by atoms with van der Waals surface area (Å²) in [5, 5.41) is 2.14. The number of nitrogens with two attached hydrogens (primary N) is 1. The lowest BCUT2D eigenvalue weighted by Gasteiger charge is -2.20. The zero-order valence-corrected chi connectivity index (χ0v) is 12.9. The highest BCUT2D eigenvalue weighted by Crippen LogP contribution is 2.40. The van der Waals surface area contributed by atoms with Crippen LogP contribution in [-0.4, -0.2) is 51.4 Å². The average molecular weight is 335 g/mol. The summed E-state index contributed by atoms with van der Waals surface area (Å²) in [6.07, 6.45) is -4.60. The molecule has 3 N–H and O–H groups in total. The first-order valence-electron chi connectivity index (χ1n) is 6.82. The fraction of sp³-hybridized carbons (Fsp3) is 0.500. The van der Waals surface area contributed by atoms with Crippen LogP contribution >= 0.6 is 0 Å². The minimum atomic E-state index is -4.60. The van der Waals surface area contributed by atoms with E-state index in [1.54, 1.807) is 14.2 Å². The van der Waals surface area contributed by atoms with Gasteiger partial charge in [-0.2, -0.15) is 13.2 Å². The van der Waals surface area contributed by atoms with Crippen molar-refractivity contribution in [1.82, 2.24) is 4.90 Å². The quantitative estimate of drug-likeness (QED) is 0.763. The van der Waals surface area contributed by atoms with Crippen molar-refractivity contribution in [2.75, 3.05) is 45.8 Å². The number of carbonyl (C=O) groups excluding carboxylic acids is 1. The van der Waals surface area contributed by atoms with Crippen LogP contribution in [0.4, 0.5) is 23.7 Å². The maximum Gasteiger partial charge on any atom is 0.420 e. The molecule has 1 aromatic carbocycles. The number of anilines is 1. The predicted octanol–water partition coefficient (Wildman–Crippen LogP) is 2.15. The van der Waals surface area contributed by atoms with Gasteiger partial charge in [0.2, 0.25) is 0 Å². The number of nitrogens with one attached hydrogen (secondary N) is 1. The average Bonchev–Trinajstić information content (AvgIpc) is 2.44. The van der Waals surface area contributed by atoms with E-state index < -0.39 is 23.5 Å². The molecule has 0 radical (unpaired) electrons. The minimum absolute atomic E-state index is 0.0146. The molecule has 1 aromatic rings. The van der Waals surface area contributed by atoms with E-state index >= 15 is 0 Å². The van der Waals surface area contributed by atoms with Crippen LogP contribution in [0.3, 0.4) is 0 Å². The fourth-order valence-electron chi connectivity index (χ4n) is 1.81. The van der Waals surface area contributed by atoms with Crippen molar-refractivity contribution in [3.63, 3.8) is 0 Å². The number of benzene rings is 1. The van der Waals surface area contributed by atoms with Crippen molar-refractivity contribution < 1.29 is 27.4 Å². The van der Waals surface area contributed by atoms with Crippen LogP contribution in [0.25, 0.3) is 0 Å². The van der Waals surface area contributed by atoms with E-state index in [0.717, 1.165) is 6.07 Å². The van der Waals surface area contributed by atoms with E-state index in [-0.39, 0.29) is 12.3 Å². The molecule has 130 valence electrons. The molecular formula is C14H20F3N3O3. The summed E-state index contributed by atoms with van der Waals surface area (Å²) < 4.78 is 49.4.